The highest BCUT2D eigenvalue weighted by Crippen LogP contribution is 2.28. The molecule has 1 aromatic rings. The predicted molar refractivity (Wildman–Crippen MR) is 70.7 cm³/mol. The minimum absolute atomic E-state index is 0.0560. The van der Waals surface area contributed by atoms with Crippen molar-refractivity contribution in [2.24, 2.45) is 13.0 Å². The second kappa shape index (κ2) is 5.71. The number of hydrogen-bond acceptors (Lipinski definition) is 4. The van der Waals surface area contributed by atoms with Crippen LogP contribution in [0.25, 0.3) is 0 Å². The van der Waals surface area contributed by atoms with Gasteiger partial charge in [0.25, 0.3) is 0 Å². The van der Waals surface area contributed by atoms with Crippen LogP contribution in [-0.2, 0) is 18.4 Å². The highest BCUT2D eigenvalue weighted by atomic mass is 16.5. The van der Waals surface area contributed by atoms with Crippen LogP contribution in [0.4, 0.5) is 5.82 Å². The van der Waals surface area contributed by atoms with Gasteiger partial charge in [-0.15, -0.1) is 0 Å². The Morgan fingerprint density at radius 2 is 2.28 bits per heavy atom. The molecule has 0 spiro atoms. The zero-order chi connectivity index (χ0) is 13.1. The smallest absolute Gasteiger partial charge is 0.132 e. The molecule has 0 aromatic carbocycles. The van der Waals surface area contributed by atoms with Gasteiger partial charge in [-0.2, -0.15) is 5.10 Å². The Bertz CT molecular complexity index is 401. The molecule has 0 amide bonds. The molecule has 5 nitrogen and oxygen atoms in total. The summed E-state index contributed by atoms with van der Waals surface area (Å²) in [6.07, 6.45) is 2.39. The molecule has 1 N–H and O–H groups in total. The van der Waals surface area contributed by atoms with E-state index in [0.717, 1.165) is 36.8 Å². The lowest BCUT2D eigenvalue weighted by Crippen LogP contribution is -2.38. The summed E-state index contributed by atoms with van der Waals surface area (Å²) in [5.74, 6) is 1.64. The Morgan fingerprint density at radius 3 is 2.94 bits per heavy atom. The fourth-order valence-corrected chi connectivity index (χ4v) is 2.90. The van der Waals surface area contributed by atoms with E-state index in [-0.39, 0.29) is 6.61 Å². The summed E-state index contributed by atoms with van der Waals surface area (Å²) >= 11 is 0. The van der Waals surface area contributed by atoms with Crippen LogP contribution in [0.2, 0.25) is 0 Å². The van der Waals surface area contributed by atoms with Gasteiger partial charge in [-0.1, -0.05) is 0 Å². The average molecular weight is 253 g/mol. The summed E-state index contributed by atoms with van der Waals surface area (Å²) in [5, 5.41) is 13.9. The number of nitrogens with zero attached hydrogens (tertiary/aromatic N) is 3. The number of hydrogen-bond donors (Lipinski definition) is 1. The molecule has 2 rings (SSSR count). The fraction of sp³-hybridized carbons (Fsp3) is 0.769. The fourth-order valence-electron chi connectivity index (χ4n) is 2.90. The van der Waals surface area contributed by atoms with Crippen molar-refractivity contribution < 1.29 is 9.84 Å². The van der Waals surface area contributed by atoms with Crippen LogP contribution < -0.4 is 4.90 Å². The number of ether oxygens (including phenoxy) is 1. The Labute approximate surface area is 108 Å². The normalized spacial score (nSPS) is 20.4. The third-order valence-electron chi connectivity index (χ3n) is 3.69. The van der Waals surface area contributed by atoms with Crippen LogP contribution in [0.5, 0.6) is 0 Å². The average Bonchev–Trinajstić information content (AvgIpc) is 2.64. The van der Waals surface area contributed by atoms with E-state index in [1.165, 1.54) is 12.8 Å². The topological polar surface area (TPSA) is 50.5 Å². The lowest BCUT2D eigenvalue weighted by Gasteiger charge is -2.34. The molecule has 1 aromatic heterocycles. The van der Waals surface area contributed by atoms with Gasteiger partial charge in [0.1, 0.15) is 5.82 Å². The zero-order valence-electron chi connectivity index (χ0n) is 11.5. The molecule has 1 aliphatic heterocycles. The first-order valence-electron chi connectivity index (χ1n) is 6.54. The van der Waals surface area contributed by atoms with E-state index in [9.17, 15) is 5.11 Å². The van der Waals surface area contributed by atoms with Crippen molar-refractivity contribution in [3.8, 4) is 0 Å². The molecule has 1 atom stereocenters. The second-order valence-corrected chi connectivity index (χ2v) is 5.08. The molecule has 1 aliphatic rings. The van der Waals surface area contributed by atoms with Gasteiger partial charge in [0.2, 0.25) is 0 Å². The molecule has 102 valence electrons. The number of methoxy groups -OCH3 is 1. The van der Waals surface area contributed by atoms with Crippen molar-refractivity contribution in [1.82, 2.24) is 9.78 Å². The zero-order valence-corrected chi connectivity index (χ0v) is 11.5. The number of aliphatic hydroxyl groups is 1. The van der Waals surface area contributed by atoms with E-state index in [4.69, 9.17) is 4.74 Å². The molecule has 2 heterocycles. The lowest BCUT2D eigenvalue weighted by molar-refractivity contribution is 0.143. The van der Waals surface area contributed by atoms with Crippen molar-refractivity contribution in [2.45, 2.75) is 26.4 Å². The molecule has 0 radical (unpaired) electrons. The summed E-state index contributed by atoms with van der Waals surface area (Å²) in [5.41, 5.74) is 1.87. The molecule has 5 heteroatoms. The van der Waals surface area contributed by atoms with Crippen LogP contribution >= 0.6 is 0 Å². The first-order chi connectivity index (χ1) is 8.67. The maximum atomic E-state index is 9.51. The Hall–Kier alpha value is -1.07. The van der Waals surface area contributed by atoms with Gasteiger partial charge >= 0.3 is 0 Å². The minimum atomic E-state index is 0.0560. The van der Waals surface area contributed by atoms with Crippen molar-refractivity contribution in [3.05, 3.63) is 11.3 Å². The van der Waals surface area contributed by atoms with Crippen LogP contribution in [0.15, 0.2) is 0 Å². The largest absolute Gasteiger partial charge is 0.391 e. The van der Waals surface area contributed by atoms with Gasteiger partial charge in [0.05, 0.1) is 18.9 Å². The summed E-state index contributed by atoms with van der Waals surface area (Å²) < 4.78 is 7.14. The number of aryl methyl sites for hydroxylation is 2. The van der Waals surface area contributed by atoms with Gasteiger partial charge in [-0.05, 0) is 25.7 Å². The number of aliphatic hydroxyl groups excluding tert-OH is 1. The van der Waals surface area contributed by atoms with Gasteiger partial charge in [-0.3, -0.25) is 4.68 Å². The van der Waals surface area contributed by atoms with E-state index in [0.29, 0.717) is 5.92 Å². The van der Waals surface area contributed by atoms with Crippen LogP contribution in [0.3, 0.4) is 0 Å². The standard InChI is InChI=1S/C13H23N3O2/c1-10-12(8-17)13(15(2)14-10)16-6-4-5-11(7-16)9-18-3/h11,17H,4-9H2,1-3H3. The summed E-state index contributed by atoms with van der Waals surface area (Å²) in [6.45, 7) is 4.83. The Morgan fingerprint density at radius 1 is 1.50 bits per heavy atom. The second-order valence-electron chi connectivity index (χ2n) is 5.08. The molecule has 0 bridgehead atoms. The maximum Gasteiger partial charge on any atom is 0.132 e. The first-order valence-corrected chi connectivity index (χ1v) is 6.54. The molecule has 0 aliphatic carbocycles. The summed E-state index contributed by atoms with van der Waals surface area (Å²) in [4.78, 5) is 2.33. The van der Waals surface area contributed by atoms with Crippen LogP contribution in [0, 0.1) is 12.8 Å². The highest BCUT2D eigenvalue weighted by molar-refractivity contribution is 5.50. The number of aromatic nitrogens is 2. The maximum absolute atomic E-state index is 9.51. The Kier molecular flexibility index (Phi) is 4.24. The van der Waals surface area contributed by atoms with E-state index >= 15 is 0 Å². The minimum Gasteiger partial charge on any atom is -0.391 e. The lowest BCUT2D eigenvalue weighted by atomic mass is 9.98. The Balaban J connectivity index is 2.20. The van der Waals surface area contributed by atoms with E-state index < -0.39 is 0 Å². The monoisotopic (exact) mass is 253 g/mol. The molecular formula is C13H23N3O2. The third-order valence-corrected chi connectivity index (χ3v) is 3.69. The third kappa shape index (κ3) is 2.52. The van der Waals surface area contributed by atoms with E-state index in [1.54, 1.807) is 7.11 Å². The number of rotatable bonds is 4. The first kappa shape index (κ1) is 13.4. The molecule has 18 heavy (non-hydrogen) atoms. The quantitative estimate of drug-likeness (QED) is 0.872. The molecule has 1 fully saturated rings. The number of anilines is 1. The SMILES string of the molecule is COCC1CCCN(c2c(CO)c(C)nn2C)C1. The van der Waals surface area contributed by atoms with Crippen molar-refractivity contribution >= 4 is 5.82 Å². The van der Waals surface area contributed by atoms with Crippen molar-refractivity contribution in [3.63, 3.8) is 0 Å². The van der Waals surface area contributed by atoms with E-state index in [2.05, 4.69) is 10.00 Å². The van der Waals surface area contributed by atoms with Crippen LogP contribution in [-0.4, -0.2) is 41.7 Å². The molecule has 1 saturated heterocycles. The van der Waals surface area contributed by atoms with Gasteiger partial charge in [-0.25, -0.2) is 0 Å². The number of piperidine rings is 1. The summed E-state index contributed by atoms with van der Waals surface area (Å²) in [7, 11) is 3.70. The van der Waals surface area contributed by atoms with Crippen LogP contribution in [0.1, 0.15) is 24.1 Å². The van der Waals surface area contributed by atoms with Gasteiger partial charge in [0.15, 0.2) is 0 Å². The van der Waals surface area contributed by atoms with Crippen molar-refractivity contribution in [2.75, 3.05) is 31.7 Å². The predicted octanol–water partition coefficient (Wildman–Crippen LogP) is 1.08. The highest BCUT2D eigenvalue weighted by Gasteiger charge is 2.25. The van der Waals surface area contributed by atoms with Crippen molar-refractivity contribution in [1.29, 1.82) is 0 Å². The van der Waals surface area contributed by atoms with E-state index in [1.807, 2.05) is 18.7 Å². The van der Waals surface area contributed by atoms with Gasteiger partial charge in [0, 0.05) is 32.8 Å². The molecule has 0 saturated carbocycles. The summed E-state index contributed by atoms with van der Waals surface area (Å²) in [6, 6.07) is 0. The molecule has 1 unspecified atom stereocenters. The van der Waals surface area contributed by atoms with Gasteiger partial charge < -0.3 is 14.7 Å². The molecular weight excluding hydrogens is 230 g/mol.